The van der Waals surface area contributed by atoms with Gasteiger partial charge in [-0.1, -0.05) is 36.6 Å². The first kappa shape index (κ1) is 18.6. The van der Waals surface area contributed by atoms with E-state index in [0.29, 0.717) is 6.54 Å². The molecule has 0 radical (unpaired) electrons. The van der Waals surface area contributed by atoms with Gasteiger partial charge < -0.3 is 4.90 Å². The average Bonchev–Trinajstić information content (AvgIpc) is 2.86. The highest BCUT2D eigenvalue weighted by atomic mass is 16.2. The highest BCUT2D eigenvalue weighted by Gasteiger charge is 2.47. The second-order valence-corrected chi connectivity index (χ2v) is 7.76. The lowest BCUT2D eigenvalue weighted by Crippen LogP contribution is -2.36. The van der Waals surface area contributed by atoms with Crippen molar-refractivity contribution in [3.05, 3.63) is 34.9 Å². The molecule has 5 nitrogen and oxygen atoms in total. The third-order valence-corrected chi connectivity index (χ3v) is 5.81. The Kier molecular flexibility index (Phi) is 5.44. The Morgan fingerprint density at radius 3 is 2.31 bits per heavy atom. The normalized spacial score (nSPS) is 22.5. The van der Waals surface area contributed by atoms with Gasteiger partial charge in [-0.2, -0.15) is 0 Å². The van der Waals surface area contributed by atoms with E-state index in [4.69, 9.17) is 0 Å². The number of aryl methyl sites for hydroxylation is 2. The van der Waals surface area contributed by atoms with Crippen molar-refractivity contribution in [1.82, 2.24) is 9.80 Å². The molecule has 0 aromatic heterocycles. The van der Waals surface area contributed by atoms with Crippen molar-refractivity contribution in [3.8, 4) is 0 Å². The molecule has 1 aromatic rings. The third-order valence-electron chi connectivity index (χ3n) is 5.81. The number of hydrogen-bond acceptors (Lipinski definition) is 3. The zero-order chi connectivity index (χ0) is 18.8. The van der Waals surface area contributed by atoms with Crippen LogP contribution in [0.25, 0.3) is 0 Å². The summed E-state index contributed by atoms with van der Waals surface area (Å²) in [7, 11) is 1.77. The Morgan fingerprint density at radius 1 is 1.12 bits per heavy atom. The average molecular weight is 356 g/mol. The summed E-state index contributed by atoms with van der Waals surface area (Å²) in [4.78, 5) is 40.5. The van der Waals surface area contributed by atoms with E-state index in [2.05, 4.69) is 6.07 Å². The van der Waals surface area contributed by atoms with E-state index >= 15 is 0 Å². The van der Waals surface area contributed by atoms with Crippen LogP contribution in [0, 0.1) is 25.7 Å². The molecular formula is C21H28N2O3. The van der Waals surface area contributed by atoms with Crippen LogP contribution in [-0.2, 0) is 20.9 Å². The summed E-state index contributed by atoms with van der Waals surface area (Å²) < 4.78 is 0. The van der Waals surface area contributed by atoms with Gasteiger partial charge in [0.15, 0.2) is 0 Å². The van der Waals surface area contributed by atoms with Crippen molar-refractivity contribution in [3.63, 3.8) is 0 Å². The van der Waals surface area contributed by atoms with Gasteiger partial charge in [-0.15, -0.1) is 0 Å². The molecule has 0 spiro atoms. The maximum atomic E-state index is 12.5. The molecular weight excluding hydrogens is 328 g/mol. The van der Waals surface area contributed by atoms with Gasteiger partial charge in [-0.3, -0.25) is 19.3 Å². The summed E-state index contributed by atoms with van der Waals surface area (Å²) in [5, 5.41) is 0. The minimum atomic E-state index is -0.140. The fourth-order valence-corrected chi connectivity index (χ4v) is 4.22. The first-order valence-electron chi connectivity index (χ1n) is 9.54. The van der Waals surface area contributed by atoms with Gasteiger partial charge in [0.25, 0.3) is 0 Å². The standard InChI is InChI=1S/C21H28N2O3/c1-14-8-9-16(15(2)12-14)13-22(3)19(24)10-11-23-20(25)17-6-4-5-7-18(17)21(23)26/h8-9,12,17-18H,4-7,10-11,13H2,1-3H3/t17-,18-/m0/s1. The van der Waals surface area contributed by atoms with Crippen LogP contribution in [0.15, 0.2) is 18.2 Å². The molecule has 3 amide bonds. The minimum Gasteiger partial charge on any atom is -0.341 e. The van der Waals surface area contributed by atoms with Crippen LogP contribution in [-0.4, -0.2) is 41.1 Å². The zero-order valence-corrected chi connectivity index (χ0v) is 16.0. The smallest absolute Gasteiger partial charge is 0.233 e. The Balaban J connectivity index is 1.56. The molecule has 1 aliphatic heterocycles. The van der Waals surface area contributed by atoms with E-state index < -0.39 is 0 Å². The van der Waals surface area contributed by atoms with Crippen molar-refractivity contribution in [2.24, 2.45) is 11.8 Å². The van der Waals surface area contributed by atoms with Crippen LogP contribution in [0.5, 0.6) is 0 Å². The Hall–Kier alpha value is -2.17. The molecule has 2 fully saturated rings. The topological polar surface area (TPSA) is 57.7 Å². The van der Waals surface area contributed by atoms with Crippen LogP contribution in [0.1, 0.15) is 48.8 Å². The fourth-order valence-electron chi connectivity index (χ4n) is 4.22. The van der Waals surface area contributed by atoms with E-state index in [0.717, 1.165) is 31.2 Å². The van der Waals surface area contributed by atoms with Gasteiger partial charge in [0, 0.05) is 26.6 Å². The van der Waals surface area contributed by atoms with Crippen LogP contribution in [0.3, 0.4) is 0 Å². The molecule has 2 aliphatic rings. The molecule has 1 saturated carbocycles. The Morgan fingerprint density at radius 2 is 1.73 bits per heavy atom. The second kappa shape index (κ2) is 7.60. The van der Waals surface area contributed by atoms with Gasteiger partial charge in [0.2, 0.25) is 17.7 Å². The van der Waals surface area contributed by atoms with E-state index in [1.165, 1.54) is 16.0 Å². The second-order valence-electron chi connectivity index (χ2n) is 7.76. The van der Waals surface area contributed by atoms with Crippen LogP contribution < -0.4 is 0 Å². The summed E-state index contributed by atoms with van der Waals surface area (Å²) >= 11 is 0. The van der Waals surface area contributed by atoms with E-state index in [1.54, 1.807) is 11.9 Å². The maximum Gasteiger partial charge on any atom is 0.233 e. The van der Waals surface area contributed by atoms with Gasteiger partial charge in [0.05, 0.1) is 11.8 Å². The maximum absolute atomic E-state index is 12.5. The van der Waals surface area contributed by atoms with Gasteiger partial charge in [-0.25, -0.2) is 0 Å². The SMILES string of the molecule is Cc1ccc(CN(C)C(=O)CCN2C(=O)[C@H]3CCCC[C@@H]3C2=O)c(C)c1. The molecule has 26 heavy (non-hydrogen) atoms. The molecule has 1 aliphatic carbocycles. The van der Waals surface area contributed by atoms with Crippen molar-refractivity contribution in [1.29, 1.82) is 0 Å². The lowest BCUT2D eigenvalue weighted by Gasteiger charge is -2.21. The number of fused-ring (bicyclic) bond motifs is 1. The van der Waals surface area contributed by atoms with Crippen molar-refractivity contribution in [2.75, 3.05) is 13.6 Å². The molecule has 140 valence electrons. The minimum absolute atomic E-state index is 0.0413. The monoisotopic (exact) mass is 356 g/mol. The number of imide groups is 1. The number of rotatable bonds is 5. The summed E-state index contributed by atoms with van der Waals surface area (Å²) in [6.45, 7) is 4.84. The molecule has 3 rings (SSSR count). The lowest BCUT2D eigenvalue weighted by atomic mass is 9.81. The van der Waals surface area contributed by atoms with E-state index in [9.17, 15) is 14.4 Å². The first-order valence-corrected chi connectivity index (χ1v) is 9.54. The van der Waals surface area contributed by atoms with Crippen LogP contribution >= 0.6 is 0 Å². The summed E-state index contributed by atoms with van der Waals surface area (Å²) in [5.41, 5.74) is 3.48. The summed E-state index contributed by atoms with van der Waals surface area (Å²) in [5.74, 6) is -0.451. The van der Waals surface area contributed by atoms with Crippen molar-refractivity contribution in [2.45, 2.75) is 52.5 Å². The van der Waals surface area contributed by atoms with Gasteiger partial charge >= 0.3 is 0 Å². The predicted molar refractivity (Wildman–Crippen MR) is 99.2 cm³/mol. The fraction of sp³-hybridized carbons (Fsp3) is 0.571. The number of carbonyl (C=O) groups is 3. The number of amides is 3. The van der Waals surface area contributed by atoms with Gasteiger partial charge in [0.1, 0.15) is 0 Å². The zero-order valence-electron chi connectivity index (χ0n) is 16.0. The molecule has 5 heteroatoms. The molecule has 1 aromatic carbocycles. The quantitative estimate of drug-likeness (QED) is 0.762. The molecule has 1 heterocycles. The molecule has 0 N–H and O–H groups in total. The number of nitrogens with zero attached hydrogens (tertiary/aromatic N) is 2. The number of likely N-dealkylation sites (tertiary alicyclic amines) is 1. The highest BCUT2D eigenvalue weighted by molar-refractivity contribution is 6.05. The largest absolute Gasteiger partial charge is 0.341 e. The summed E-state index contributed by atoms with van der Waals surface area (Å²) in [6.07, 6.45) is 3.86. The number of carbonyl (C=O) groups excluding carboxylic acids is 3. The first-order chi connectivity index (χ1) is 12.4. The number of hydrogen-bond donors (Lipinski definition) is 0. The van der Waals surface area contributed by atoms with Gasteiger partial charge in [-0.05, 0) is 37.8 Å². The molecule has 1 saturated heterocycles. The summed E-state index contributed by atoms with van der Waals surface area (Å²) in [6, 6.07) is 6.20. The third kappa shape index (κ3) is 3.67. The lowest BCUT2D eigenvalue weighted by molar-refractivity contribution is -0.140. The van der Waals surface area contributed by atoms with Crippen LogP contribution in [0.4, 0.5) is 0 Å². The van der Waals surface area contributed by atoms with E-state index in [1.807, 2.05) is 26.0 Å². The van der Waals surface area contributed by atoms with Crippen molar-refractivity contribution >= 4 is 17.7 Å². The molecule has 0 bridgehead atoms. The Labute approximate surface area is 155 Å². The number of benzene rings is 1. The predicted octanol–water partition coefficient (Wildman–Crippen LogP) is 2.83. The van der Waals surface area contributed by atoms with Crippen molar-refractivity contribution < 1.29 is 14.4 Å². The molecule has 0 unspecified atom stereocenters. The van der Waals surface area contributed by atoms with E-state index in [-0.39, 0.29) is 42.5 Å². The van der Waals surface area contributed by atoms with Crippen LogP contribution in [0.2, 0.25) is 0 Å². The molecule has 2 atom stereocenters. The Bertz CT molecular complexity index is 704. The highest BCUT2D eigenvalue weighted by Crippen LogP contribution is 2.38.